The Balaban J connectivity index is 1.84. The minimum atomic E-state index is 0.451. The molecule has 20 heavy (non-hydrogen) atoms. The summed E-state index contributed by atoms with van der Waals surface area (Å²) in [5.74, 6) is 1.61. The molecule has 0 atom stereocenters. The summed E-state index contributed by atoms with van der Waals surface area (Å²) >= 11 is 1.30. The van der Waals surface area contributed by atoms with Gasteiger partial charge in [0.25, 0.3) is 0 Å². The van der Waals surface area contributed by atoms with E-state index < -0.39 is 0 Å². The van der Waals surface area contributed by atoms with Gasteiger partial charge in [-0.2, -0.15) is 9.36 Å². The monoisotopic (exact) mass is 288 g/mol. The second kappa shape index (κ2) is 5.25. The van der Waals surface area contributed by atoms with E-state index in [1.807, 2.05) is 12.1 Å². The van der Waals surface area contributed by atoms with Gasteiger partial charge in [-0.1, -0.05) is 11.2 Å². The Morgan fingerprint density at radius 1 is 1.45 bits per heavy atom. The van der Waals surface area contributed by atoms with E-state index in [4.69, 9.17) is 10.3 Å². The molecule has 3 aromatic rings. The molecule has 0 bridgehead atoms. The van der Waals surface area contributed by atoms with Gasteiger partial charge in [0.2, 0.25) is 5.89 Å². The van der Waals surface area contributed by atoms with Crippen molar-refractivity contribution in [1.82, 2.24) is 19.5 Å². The molecular formula is C12H12N6OS. The van der Waals surface area contributed by atoms with Crippen LogP contribution in [0.15, 0.2) is 29.0 Å². The molecule has 3 aromatic heterocycles. The smallest absolute Gasteiger partial charge is 0.223 e. The zero-order valence-corrected chi connectivity index (χ0v) is 11.5. The van der Waals surface area contributed by atoms with Gasteiger partial charge in [0.05, 0.1) is 12.1 Å². The Labute approximate surface area is 119 Å². The van der Waals surface area contributed by atoms with Crippen molar-refractivity contribution in [2.24, 2.45) is 0 Å². The molecule has 8 heteroatoms. The van der Waals surface area contributed by atoms with Gasteiger partial charge in [0, 0.05) is 24.9 Å². The van der Waals surface area contributed by atoms with Crippen LogP contribution in [0.3, 0.4) is 0 Å². The van der Waals surface area contributed by atoms with Crippen LogP contribution >= 0.6 is 11.5 Å². The first kappa shape index (κ1) is 12.5. The number of rotatable bonds is 4. The summed E-state index contributed by atoms with van der Waals surface area (Å²) in [6, 6.07) is 3.80. The standard InChI is InChI=1S/C12H12N6OS/c1-7-16-9(17-19-7)6-15-12-10(11(13)18-20-12)8-3-2-4-14-5-8/h2-5,15H,6H2,1H3,(H2,13,18). The first-order valence-corrected chi connectivity index (χ1v) is 6.70. The number of aryl methyl sites for hydroxylation is 1. The molecule has 0 fully saturated rings. The van der Waals surface area contributed by atoms with Crippen molar-refractivity contribution in [2.45, 2.75) is 13.5 Å². The summed E-state index contributed by atoms with van der Waals surface area (Å²) in [7, 11) is 0. The quantitative estimate of drug-likeness (QED) is 0.757. The Morgan fingerprint density at radius 3 is 3.05 bits per heavy atom. The molecule has 102 valence electrons. The molecule has 0 aliphatic rings. The zero-order valence-electron chi connectivity index (χ0n) is 10.7. The topological polar surface area (TPSA) is 103 Å². The van der Waals surface area contributed by atoms with E-state index in [2.05, 4.69) is 24.8 Å². The third-order valence-electron chi connectivity index (χ3n) is 2.65. The van der Waals surface area contributed by atoms with Crippen molar-refractivity contribution < 1.29 is 4.52 Å². The predicted molar refractivity (Wildman–Crippen MR) is 76.1 cm³/mol. The Bertz CT molecular complexity index is 708. The van der Waals surface area contributed by atoms with Gasteiger partial charge in [-0.05, 0) is 17.6 Å². The number of hydrogen-bond donors (Lipinski definition) is 2. The molecule has 0 spiro atoms. The first-order chi connectivity index (χ1) is 9.74. The van der Waals surface area contributed by atoms with Crippen molar-refractivity contribution >= 4 is 22.4 Å². The average Bonchev–Trinajstić information content (AvgIpc) is 3.03. The van der Waals surface area contributed by atoms with Gasteiger partial charge in [-0.15, -0.1) is 0 Å². The van der Waals surface area contributed by atoms with Crippen LogP contribution in [0.2, 0.25) is 0 Å². The third kappa shape index (κ3) is 2.45. The summed E-state index contributed by atoms with van der Waals surface area (Å²) in [4.78, 5) is 8.23. The normalized spacial score (nSPS) is 10.7. The molecule has 0 aliphatic heterocycles. The number of hydrogen-bond acceptors (Lipinski definition) is 8. The van der Waals surface area contributed by atoms with Crippen molar-refractivity contribution in [3.63, 3.8) is 0 Å². The minimum absolute atomic E-state index is 0.451. The molecule has 3 heterocycles. The molecule has 7 nitrogen and oxygen atoms in total. The Morgan fingerprint density at radius 2 is 2.35 bits per heavy atom. The fourth-order valence-electron chi connectivity index (χ4n) is 1.79. The average molecular weight is 288 g/mol. The lowest BCUT2D eigenvalue weighted by Gasteiger charge is -2.04. The van der Waals surface area contributed by atoms with Crippen LogP contribution in [0.4, 0.5) is 10.8 Å². The number of aromatic nitrogens is 4. The van der Waals surface area contributed by atoms with Gasteiger partial charge in [0.1, 0.15) is 10.8 Å². The van der Waals surface area contributed by atoms with Gasteiger partial charge in [-0.25, -0.2) is 0 Å². The fraction of sp³-hybridized carbons (Fsp3) is 0.167. The second-order valence-corrected chi connectivity index (χ2v) is 4.87. The van der Waals surface area contributed by atoms with Crippen LogP contribution in [0, 0.1) is 6.92 Å². The van der Waals surface area contributed by atoms with Crippen LogP contribution in [0.1, 0.15) is 11.7 Å². The third-order valence-corrected chi connectivity index (χ3v) is 3.46. The molecule has 3 N–H and O–H groups in total. The number of pyridine rings is 1. The van der Waals surface area contributed by atoms with Gasteiger partial charge >= 0.3 is 0 Å². The van der Waals surface area contributed by atoms with Crippen LogP contribution < -0.4 is 11.1 Å². The summed E-state index contributed by atoms with van der Waals surface area (Å²) in [5, 5.41) is 7.92. The lowest BCUT2D eigenvalue weighted by atomic mass is 10.1. The second-order valence-electron chi connectivity index (χ2n) is 4.10. The van der Waals surface area contributed by atoms with E-state index in [1.165, 1.54) is 11.5 Å². The highest BCUT2D eigenvalue weighted by molar-refractivity contribution is 7.11. The van der Waals surface area contributed by atoms with Crippen LogP contribution in [-0.4, -0.2) is 19.5 Å². The SMILES string of the molecule is Cc1nc(CNc2snc(N)c2-c2cccnc2)no1. The van der Waals surface area contributed by atoms with Gasteiger partial charge < -0.3 is 15.6 Å². The molecule has 0 saturated carbocycles. The maximum Gasteiger partial charge on any atom is 0.223 e. The predicted octanol–water partition coefficient (Wildman–Crippen LogP) is 2.09. The molecule has 0 aliphatic carbocycles. The first-order valence-electron chi connectivity index (χ1n) is 5.92. The minimum Gasteiger partial charge on any atom is -0.382 e. The van der Waals surface area contributed by atoms with Crippen molar-refractivity contribution in [2.75, 3.05) is 11.1 Å². The molecule has 0 amide bonds. The summed E-state index contributed by atoms with van der Waals surface area (Å²) in [6.45, 7) is 2.20. The number of nitrogen functional groups attached to an aromatic ring is 1. The van der Waals surface area contributed by atoms with E-state index >= 15 is 0 Å². The molecule has 0 saturated heterocycles. The molecule has 0 aromatic carbocycles. The summed E-state index contributed by atoms with van der Waals surface area (Å²) in [6.07, 6.45) is 3.47. The highest BCUT2D eigenvalue weighted by Crippen LogP contribution is 2.36. The van der Waals surface area contributed by atoms with Gasteiger partial charge in [0.15, 0.2) is 5.82 Å². The summed E-state index contributed by atoms with van der Waals surface area (Å²) in [5.41, 5.74) is 7.70. The molecule has 0 unspecified atom stereocenters. The number of nitrogens with one attached hydrogen (secondary N) is 1. The maximum absolute atomic E-state index is 5.93. The van der Waals surface area contributed by atoms with E-state index in [-0.39, 0.29) is 0 Å². The number of nitrogens with zero attached hydrogens (tertiary/aromatic N) is 4. The molecule has 0 radical (unpaired) electrons. The largest absolute Gasteiger partial charge is 0.382 e. The van der Waals surface area contributed by atoms with Crippen LogP contribution in [0.5, 0.6) is 0 Å². The summed E-state index contributed by atoms with van der Waals surface area (Å²) < 4.78 is 9.10. The zero-order chi connectivity index (χ0) is 13.9. The van der Waals surface area contributed by atoms with Crippen molar-refractivity contribution in [3.05, 3.63) is 36.2 Å². The number of nitrogens with two attached hydrogens (primary N) is 1. The van der Waals surface area contributed by atoms with E-state index in [0.717, 1.165) is 16.1 Å². The highest BCUT2D eigenvalue weighted by Gasteiger charge is 2.14. The van der Waals surface area contributed by atoms with E-state index in [0.29, 0.717) is 24.1 Å². The lowest BCUT2D eigenvalue weighted by molar-refractivity contribution is 0.388. The van der Waals surface area contributed by atoms with Gasteiger partial charge in [-0.3, -0.25) is 4.98 Å². The highest BCUT2D eigenvalue weighted by atomic mass is 32.1. The van der Waals surface area contributed by atoms with E-state index in [1.54, 1.807) is 19.3 Å². The molecular weight excluding hydrogens is 276 g/mol. The van der Waals surface area contributed by atoms with Crippen molar-refractivity contribution in [3.8, 4) is 11.1 Å². The Kier molecular flexibility index (Phi) is 3.30. The van der Waals surface area contributed by atoms with Crippen molar-refractivity contribution in [1.29, 1.82) is 0 Å². The number of anilines is 2. The lowest BCUT2D eigenvalue weighted by Crippen LogP contribution is -2.01. The van der Waals surface area contributed by atoms with E-state index in [9.17, 15) is 0 Å². The Hall–Kier alpha value is -2.48. The van der Waals surface area contributed by atoms with Crippen LogP contribution in [-0.2, 0) is 6.54 Å². The maximum atomic E-state index is 5.93. The van der Waals surface area contributed by atoms with Crippen LogP contribution in [0.25, 0.3) is 11.1 Å². The molecule has 3 rings (SSSR count). The fourth-order valence-corrected chi connectivity index (χ4v) is 2.52.